The van der Waals surface area contributed by atoms with Crippen molar-refractivity contribution in [1.82, 2.24) is 19.4 Å². The highest BCUT2D eigenvalue weighted by atomic mass is 19.1. The number of aromatic nitrogens is 2. The first kappa shape index (κ1) is 17.7. The second-order valence-corrected chi connectivity index (χ2v) is 7.00. The Balaban J connectivity index is 1.34. The van der Waals surface area contributed by atoms with Crippen LogP contribution in [0, 0.1) is 5.82 Å². The number of amides is 1. The highest BCUT2D eigenvalue weighted by Crippen LogP contribution is 2.19. The molecule has 3 aromatic rings. The summed E-state index contributed by atoms with van der Waals surface area (Å²) in [5, 5.41) is 1.20. The molecule has 6 heteroatoms. The van der Waals surface area contributed by atoms with E-state index < -0.39 is 5.82 Å². The van der Waals surface area contributed by atoms with Crippen LogP contribution in [0.15, 0.2) is 48.8 Å². The molecular formula is C21H23FN4O. The van der Waals surface area contributed by atoms with E-state index in [1.807, 2.05) is 19.3 Å². The van der Waals surface area contributed by atoms with Gasteiger partial charge in [-0.2, -0.15) is 0 Å². The molecule has 4 rings (SSSR count). The van der Waals surface area contributed by atoms with Crippen molar-refractivity contribution in [2.24, 2.45) is 7.05 Å². The van der Waals surface area contributed by atoms with Gasteiger partial charge in [-0.3, -0.25) is 9.69 Å². The molecule has 0 saturated carbocycles. The van der Waals surface area contributed by atoms with Crippen molar-refractivity contribution < 1.29 is 9.18 Å². The van der Waals surface area contributed by atoms with Crippen LogP contribution in [0.4, 0.5) is 4.39 Å². The average Bonchev–Trinajstić information content (AvgIpc) is 3.03. The number of aryl methyl sites for hydroxylation is 1. The monoisotopic (exact) mass is 366 g/mol. The van der Waals surface area contributed by atoms with Gasteiger partial charge in [0.25, 0.3) is 5.91 Å². The fourth-order valence-electron chi connectivity index (χ4n) is 3.75. The molecule has 1 aromatic carbocycles. The van der Waals surface area contributed by atoms with Crippen LogP contribution in [0.25, 0.3) is 11.0 Å². The Morgan fingerprint density at radius 1 is 1.11 bits per heavy atom. The molecule has 0 spiro atoms. The normalized spacial score (nSPS) is 15.4. The molecule has 27 heavy (non-hydrogen) atoms. The van der Waals surface area contributed by atoms with Crippen LogP contribution in [0.1, 0.15) is 15.9 Å². The van der Waals surface area contributed by atoms with Crippen molar-refractivity contribution in [2.75, 3.05) is 32.7 Å². The second-order valence-electron chi connectivity index (χ2n) is 7.00. The number of halogens is 1. The maximum atomic E-state index is 13.8. The number of hydrogen-bond acceptors (Lipinski definition) is 3. The Hall–Kier alpha value is -2.73. The Kier molecular flexibility index (Phi) is 4.90. The number of rotatable bonds is 4. The van der Waals surface area contributed by atoms with Gasteiger partial charge in [-0.25, -0.2) is 9.37 Å². The van der Waals surface area contributed by atoms with Crippen LogP contribution < -0.4 is 0 Å². The van der Waals surface area contributed by atoms with Crippen molar-refractivity contribution in [1.29, 1.82) is 0 Å². The summed E-state index contributed by atoms with van der Waals surface area (Å²) in [6.45, 7) is 3.82. The summed E-state index contributed by atoms with van der Waals surface area (Å²) in [6, 6.07) is 10.3. The Morgan fingerprint density at radius 2 is 1.89 bits per heavy atom. The molecule has 1 aliphatic heterocycles. The summed E-state index contributed by atoms with van der Waals surface area (Å²) in [4.78, 5) is 21.1. The van der Waals surface area contributed by atoms with Crippen molar-refractivity contribution in [3.63, 3.8) is 0 Å². The van der Waals surface area contributed by atoms with E-state index in [0.717, 1.165) is 31.7 Å². The standard InChI is InChI=1S/C21H23FN4O/c1-24-15-16(17-6-4-9-23-20(17)24)8-10-25-11-13-26(14-12-25)21(27)18-5-2-3-7-19(18)22/h2-7,9,15H,8,10-14H2,1H3. The predicted molar refractivity (Wildman–Crippen MR) is 103 cm³/mol. The number of nitrogens with zero attached hydrogens (tertiary/aromatic N) is 4. The van der Waals surface area contributed by atoms with Gasteiger partial charge in [-0.15, -0.1) is 0 Å². The number of pyridine rings is 1. The molecule has 5 nitrogen and oxygen atoms in total. The van der Waals surface area contributed by atoms with E-state index in [-0.39, 0.29) is 11.5 Å². The molecule has 2 aromatic heterocycles. The van der Waals surface area contributed by atoms with E-state index in [1.54, 1.807) is 23.1 Å². The molecule has 140 valence electrons. The molecule has 0 radical (unpaired) electrons. The van der Waals surface area contributed by atoms with Crippen LogP contribution in [0.3, 0.4) is 0 Å². The second kappa shape index (κ2) is 7.48. The van der Waals surface area contributed by atoms with Crippen LogP contribution in [0.5, 0.6) is 0 Å². The highest BCUT2D eigenvalue weighted by Gasteiger charge is 2.23. The van der Waals surface area contributed by atoms with Gasteiger partial charge in [0, 0.05) is 57.6 Å². The summed E-state index contributed by atoms with van der Waals surface area (Å²) in [5.41, 5.74) is 2.47. The minimum absolute atomic E-state index is 0.161. The van der Waals surface area contributed by atoms with Crippen LogP contribution in [0.2, 0.25) is 0 Å². The molecule has 1 fully saturated rings. The lowest BCUT2D eigenvalue weighted by atomic mass is 10.1. The molecule has 1 saturated heterocycles. The van der Waals surface area contributed by atoms with E-state index >= 15 is 0 Å². The predicted octanol–water partition coefficient (Wildman–Crippen LogP) is 2.71. The lowest BCUT2D eigenvalue weighted by Gasteiger charge is -2.34. The van der Waals surface area contributed by atoms with Crippen molar-refractivity contribution in [3.05, 3.63) is 65.7 Å². The molecular weight excluding hydrogens is 343 g/mol. The van der Waals surface area contributed by atoms with E-state index in [0.29, 0.717) is 13.1 Å². The summed E-state index contributed by atoms with van der Waals surface area (Å²) < 4.78 is 15.9. The largest absolute Gasteiger partial charge is 0.336 e. The van der Waals surface area contributed by atoms with Crippen molar-refractivity contribution in [3.8, 4) is 0 Å². The molecule has 0 bridgehead atoms. The first-order valence-electron chi connectivity index (χ1n) is 9.28. The average molecular weight is 366 g/mol. The van der Waals surface area contributed by atoms with Crippen molar-refractivity contribution in [2.45, 2.75) is 6.42 Å². The quantitative estimate of drug-likeness (QED) is 0.713. The van der Waals surface area contributed by atoms with Gasteiger partial charge in [0.05, 0.1) is 5.56 Å². The van der Waals surface area contributed by atoms with Crippen LogP contribution >= 0.6 is 0 Å². The third kappa shape index (κ3) is 3.57. The van der Waals surface area contributed by atoms with Crippen LogP contribution in [-0.4, -0.2) is 58.0 Å². The third-order valence-electron chi connectivity index (χ3n) is 5.28. The number of carbonyl (C=O) groups excluding carboxylic acids is 1. The molecule has 0 N–H and O–H groups in total. The number of benzene rings is 1. The third-order valence-corrected chi connectivity index (χ3v) is 5.28. The summed E-state index contributed by atoms with van der Waals surface area (Å²) in [5.74, 6) is -0.664. The van der Waals surface area contributed by atoms with E-state index in [9.17, 15) is 9.18 Å². The van der Waals surface area contributed by atoms with Gasteiger partial charge < -0.3 is 9.47 Å². The lowest BCUT2D eigenvalue weighted by molar-refractivity contribution is 0.0634. The Morgan fingerprint density at radius 3 is 2.67 bits per heavy atom. The number of fused-ring (bicyclic) bond motifs is 1. The summed E-state index contributed by atoms with van der Waals surface area (Å²) >= 11 is 0. The summed E-state index contributed by atoms with van der Waals surface area (Å²) in [7, 11) is 2.02. The lowest BCUT2D eigenvalue weighted by Crippen LogP contribution is -2.49. The Bertz CT molecular complexity index is 960. The van der Waals surface area contributed by atoms with E-state index in [1.165, 1.54) is 17.0 Å². The zero-order valence-electron chi connectivity index (χ0n) is 15.4. The van der Waals surface area contributed by atoms with Gasteiger partial charge >= 0.3 is 0 Å². The topological polar surface area (TPSA) is 41.4 Å². The smallest absolute Gasteiger partial charge is 0.256 e. The fraction of sp³-hybridized carbons (Fsp3) is 0.333. The SMILES string of the molecule is Cn1cc(CCN2CCN(C(=O)c3ccccc3F)CC2)c2cccnc21. The highest BCUT2D eigenvalue weighted by molar-refractivity contribution is 5.94. The minimum Gasteiger partial charge on any atom is -0.336 e. The molecule has 0 unspecified atom stereocenters. The Labute approximate surface area is 158 Å². The van der Waals surface area contributed by atoms with Gasteiger partial charge in [-0.1, -0.05) is 12.1 Å². The summed E-state index contributed by atoms with van der Waals surface area (Å²) in [6.07, 6.45) is 4.91. The minimum atomic E-state index is -0.450. The first-order valence-corrected chi connectivity index (χ1v) is 9.28. The van der Waals surface area contributed by atoms with E-state index in [2.05, 4.69) is 26.7 Å². The maximum Gasteiger partial charge on any atom is 0.256 e. The first-order chi connectivity index (χ1) is 13.1. The van der Waals surface area contributed by atoms with Gasteiger partial charge in [0.1, 0.15) is 11.5 Å². The van der Waals surface area contributed by atoms with Gasteiger partial charge in [-0.05, 0) is 36.2 Å². The van der Waals surface area contributed by atoms with Crippen molar-refractivity contribution >= 4 is 16.9 Å². The number of piperazine rings is 1. The van der Waals surface area contributed by atoms with Gasteiger partial charge in [0.15, 0.2) is 0 Å². The van der Waals surface area contributed by atoms with Gasteiger partial charge in [0.2, 0.25) is 0 Å². The zero-order chi connectivity index (χ0) is 18.8. The van der Waals surface area contributed by atoms with E-state index in [4.69, 9.17) is 0 Å². The molecule has 0 atom stereocenters. The zero-order valence-corrected chi connectivity index (χ0v) is 15.4. The number of hydrogen-bond donors (Lipinski definition) is 0. The van der Waals surface area contributed by atoms with Crippen LogP contribution in [-0.2, 0) is 13.5 Å². The maximum absolute atomic E-state index is 13.8. The molecule has 1 aliphatic rings. The molecule has 1 amide bonds. The molecule has 3 heterocycles. The number of carbonyl (C=O) groups is 1. The fourth-order valence-corrected chi connectivity index (χ4v) is 3.75. The molecule has 0 aliphatic carbocycles.